The van der Waals surface area contributed by atoms with Gasteiger partial charge in [-0.2, -0.15) is 10.1 Å². The Labute approximate surface area is 160 Å². The first-order valence-electron chi connectivity index (χ1n) is 8.60. The lowest BCUT2D eigenvalue weighted by Gasteiger charge is -2.06. The Balaban J connectivity index is 2.15. The SMILES string of the molecule is COC(=O)Cn1c(=NC(=O)c2cc(C)n(C)n2)sc2cc(C(C)C)ccc21. The van der Waals surface area contributed by atoms with Gasteiger partial charge in [0.2, 0.25) is 0 Å². The molecular formula is C19H22N4O3S. The molecule has 3 rings (SSSR count). The third-order valence-electron chi connectivity index (χ3n) is 4.42. The van der Waals surface area contributed by atoms with Crippen LogP contribution in [-0.2, 0) is 23.1 Å². The smallest absolute Gasteiger partial charge is 0.325 e. The first-order valence-corrected chi connectivity index (χ1v) is 9.41. The maximum Gasteiger partial charge on any atom is 0.325 e. The van der Waals surface area contributed by atoms with Gasteiger partial charge in [0.05, 0.1) is 17.3 Å². The van der Waals surface area contributed by atoms with Crippen molar-refractivity contribution in [1.82, 2.24) is 14.3 Å². The van der Waals surface area contributed by atoms with Crippen molar-refractivity contribution in [2.45, 2.75) is 33.2 Å². The van der Waals surface area contributed by atoms with E-state index >= 15 is 0 Å². The quantitative estimate of drug-likeness (QED) is 0.646. The summed E-state index contributed by atoms with van der Waals surface area (Å²) in [4.78, 5) is 29.1. The normalized spacial score (nSPS) is 12.1. The van der Waals surface area contributed by atoms with Crippen LogP contribution in [0.5, 0.6) is 0 Å². The molecule has 0 saturated carbocycles. The van der Waals surface area contributed by atoms with Crippen molar-refractivity contribution < 1.29 is 14.3 Å². The van der Waals surface area contributed by atoms with Crippen molar-refractivity contribution >= 4 is 33.4 Å². The molecule has 0 unspecified atom stereocenters. The Hall–Kier alpha value is -2.74. The van der Waals surface area contributed by atoms with Crippen LogP contribution in [0.15, 0.2) is 29.3 Å². The highest BCUT2D eigenvalue weighted by Gasteiger charge is 2.15. The van der Waals surface area contributed by atoms with E-state index in [1.807, 2.05) is 19.1 Å². The molecule has 2 aromatic heterocycles. The monoisotopic (exact) mass is 386 g/mol. The van der Waals surface area contributed by atoms with Gasteiger partial charge < -0.3 is 9.30 Å². The minimum absolute atomic E-state index is 0.00904. The molecule has 0 aliphatic rings. The van der Waals surface area contributed by atoms with E-state index in [2.05, 4.69) is 30.0 Å². The number of amides is 1. The van der Waals surface area contributed by atoms with Gasteiger partial charge in [-0.15, -0.1) is 0 Å². The Bertz CT molecular complexity index is 1070. The molecule has 27 heavy (non-hydrogen) atoms. The van der Waals surface area contributed by atoms with Crippen molar-refractivity contribution in [3.8, 4) is 0 Å². The van der Waals surface area contributed by atoms with Crippen LogP contribution < -0.4 is 4.80 Å². The summed E-state index contributed by atoms with van der Waals surface area (Å²) in [7, 11) is 3.11. The molecular weight excluding hydrogens is 364 g/mol. The maximum absolute atomic E-state index is 12.6. The van der Waals surface area contributed by atoms with Gasteiger partial charge in [0.15, 0.2) is 10.5 Å². The van der Waals surface area contributed by atoms with Gasteiger partial charge in [-0.05, 0) is 36.6 Å². The molecule has 8 heteroatoms. The fraction of sp³-hybridized carbons (Fsp3) is 0.368. The molecule has 0 aliphatic heterocycles. The summed E-state index contributed by atoms with van der Waals surface area (Å²) in [6.07, 6.45) is 0. The molecule has 2 heterocycles. The summed E-state index contributed by atoms with van der Waals surface area (Å²) in [5.74, 6) is -0.456. The fourth-order valence-electron chi connectivity index (χ4n) is 2.69. The lowest BCUT2D eigenvalue weighted by molar-refractivity contribution is -0.141. The van der Waals surface area contributed by atoms with Gasteiger partial charge in [-0.1, -0.05) is 31.3 Å². The van der Waals surface area contributed by atoms with Crippen molar-refractivity contribution in [3.63, 3.8) is 0 Å². The second kappa shape index (κ2) is 7.48. The van der Waals surface area contributed by atoms with Crippen LogP contribution in [-0.4, -0.2) is 33.3 Å². The molecule has 0 fully saturated rings. The Morgan fingerprint density at radius 3 is 2.63 bits per heavy atom. The molecule has 0 bridgehead atoms. The zero-order chi connectivity index (χ0) is 19.7. The molecule has 0 N–H and O–H groups in total. The van der Waals surface area contributed by atoms with Gasteiger partial charge >= 0.3 is 5.97 Å². The summed E-state index contributed by atoms with van der Waals surface area (Å²) in [6.45, 7) is 6.10. The average Bonchev–Trinajstić information content (AvgIpc) is 3.14. The van der Waals surface area contributed by atoms with E-state index in [1.54, 1.807) is 22.4 Å². The van der Waals surface area contributed by atoms with Crippen molar-refractivity contribution in [1.29, 1.82) is 0 Å². The summed E-state index contributed by atoms with van der Waals surface area (Å²) < 4.78 is 9.11. The zero-order valence-electron chi connectivity index (χ0n) is 16.0. The number of thiazole rings is 1. The number of fused-ring (bicyclic) bond motifs is 1. The molecule has 0 atom stereocenters. The second-order valence-corrected chi connectivity index (χ2v) is 7.65. The number of aryl methyl sites for hydroxylation is 2. The molecule has 1 aromatic carbocycles. The number of hydrogen-bond acceptors (Lipinski definition) is 5. The Kier molecular flexibility index (Phi) is 5.27. The average molecular weight is 386 g/mol. The van der Waals surface area contributed by atoms with Gasteiger partial charge in [-0.25, -0.2) is 0 Å². The topological polar surface area (TPSA) is 78.5 Å². The molecule has 0 spiro atoms. The Morgan fingerprint density at radius 1 is 1.30 bits per heavy atom. The highest BCUT2D eigenvalue weighted by atomic mass is 32.1. The first-order chi connectivity index (χ1) is 12.8. The van der Waals surface area contributed by atoms with Crippen LogP contribution >= 0.6 is 11.3 Å². The van der Waals surface area contributed by atoms with Gasteiger partial charge in [0.25, 0.3) is 5.91 Å². The largest absolute Gasteiger partial charge is 0.468 e. The van der Waals surface area contributed by atoms with E-state index in [0.29, 0.717) is 10.7 Å². The predicted octanol–water partition coefficient (Wildman–Crippen LogP) is 2.78. The third kappa shape index (κ3) is 3.85. The molecule has 142 valence electrons. The summed E-state index contributed by atoms with van der Waals surface area (Å²) in [6, 6.07) is 7.76. The van der Waals surface area contributed by atoms with E-state index in [9.17, 15) is 9.59 Å². The summed E-state index contributed by atoms with van der Waals surface area (Å²) >= 11 is 1.38. The van der Waals surface area contributed by atoms with Gasteiger partial charge in [-0.3, -0.25) is 14.3 Å². The number of ether oxygens (including phenoxy) is 1. The number of carbonyl (C=O) groups is 2. The third-order valence-corrected chi connectivity index (χ3v) is 5.46. The molecule has 0 radical (unpaired) electrons. The summed E-state index contributed by atoms with van der Waals surface area (Å²) in [5.41, 5.74) is 3.18. The second-order valence-electron chi connectivity index (χ2n) is 6.64. The van der Waals surface area contributed by atoms with Crippen LogP contribution in [0, 0.1) is 6.92 Å². The lowest BCUT2D eigenvalue weighted by atomic mass is 10.0. The van der Waals surface area contributed by atoms with E-state index in [-0.39, 0.29) is 12.2 Å². The van der Waals surface area contributed by atoms with Gasteiger partial charge in [0.1, 0.15) is 6.54 Å². The molecule has 3 aromatic rings. The van der Waals surface area contributed by atoms with Crippen LogP contribution in [0.25, 0.3) is 10.2 Å². The minimum Gasteiger partial charge on any atom is -0.468 e. The van der Waals surface area contributed by atoms with Crippen molar-refractivity contribution in [3.05, 3.63) is 46.0 Å². The van der Waals surface area contributed by atoms with E-state index in [4.69, 9.17) is 4.74 Å². The highest BCUT2D eigenvalue weighted by molar-refractivity contribution is 7.16. The van der Waals surface area contributed by atoms with Gasteiger partial charge in [0, 0.05) is 12.7 Å². The van der Waals surface area contributed by atoms with Crippen molar-refractivity contribution in [2.24, 2.45) is 12.0 Å². The van der Waals surface area contributed by atoms with Crippen LogP contribution in [0.4, 0.5) is 0 Å². The number of nitrogens with zero attached hydrogens (tertiary/aromatic N) is 4. The molecule has 7 nitrogen and oxygen atoms in total. The van der Waals surface area contributed by atoms with Crippen LogP contribution in [0.3, 0.4) is 0 Å². The predicted molar refractivity (Wildman–Crippen MR) is 104 cm³/mol. The minimum atomic E-state index is -0.437. The molecule has 1 amide bonds. The number of benzene rings is 1. The summed E-state index contributed by atoms with van der Waals surface area (Å²) in [5, 5.41) is 4.18. The van der Waals surface area contributed by atoms with E-state index in [0.717, 1.165) is 15.9 Å². The highest BCUT2D eigenvalue weighted by Crippen LogP contribution is 2.23. The van der Waals surface area contributed by atoms with E-state index < -0.39 is 11.9 Å². The lowest BCUT2D eigenvalue weighted by Crippen LogP contribution is -2.22. The van der Waals surface area contributed by atoms with Crippen LogP contribution in [0.1, 0.15) is 41.5 Å². The maximum atomic E-state index is 12.6. The number of aromatic nitrogens is 3. The molecule has 0 saturated heterocycles. The first kappa shape index (κ1) is 19.0. The number of rotatable bonds is 4. The standard InChI is InChI=1S/C19H22N4O3S/c1-11(2)13-6-7-15-16(9-13)27-19(23(15)10-17(24)26-5)20-18(25)14-8-12(3)22(4)21-14/h6-9,11H,10H2,1-5H3. The Morgan fingerprint density at radius 2 is 2.04 bits per heavy atom. The number of methoxy groups -OCH3 is 1. The number of hydrogen-bond donors (Lipinski definition) is 0. The van der Waals surface area contributed by atoms with Crippen LogP contribution in [0.2, 0.25) is 0 Å². The fourth-order valence-corrected chi connectivity index (χ4v) is 3.77. The molecule has 0 aliphatic carbocycles. The number of esters is 1. The van der Waals surface area contributed by atoms with Crippen molar-refractivity contribution in [2.75, 3.05) is 7.11 Å². The van der Waals surface area contributed by atoms with E-state index in [1.165, 1.54) is 24.0 Å². The zero-order valence-corrected chi connectivity index (χ0v) is 16.8. The number of carbonyl (C=O) groups excluding carboxylic acids is 2.